The highest BCUT2D eigenvalue weighted by Crippen LogP contribution is 1.67. The van der Waals surface area contributed by atoms with Crippen molar-refractivity contribution in [2.45, 2.75) is 0 Å². The highest BCUT2D eigenvalue weighted by atomic mass is 16.5. The van der Waals surface area contributed by atoms with Crippen molar-refractivity contribution in [3.8, 4) is 0 Å². The lowest BCUT2D eigenvalue weighted by atomic mass is 10.5. The third-order valence-corrected chi connectivity index (χ3v) is 0.933. The van der Waals surface area contributed by atoms with Crippen LogP contribution in [0.15, 0.2) is 0 Å². The van der Waals surface area contributed by atoms with Crippen LogP contribution < -0.4 is 11.1 Å². The number of likely N-dealkylation sites (N-methyl/N-ethyl adjacent to an activating group) is 1. The van der Waals surface area contributed by atoms with Crippen LogP contribution in [0.5, 0.6) is 0 Å². The zero-order valence-electron chi connectivity index (χ0n) is 5.80. The molecule has 0 aliphatic carbocycles. The molecule has 0 radical (unpaired) electrons. The van der Waals surface area contributed by atoms with Crippen molar-refractivity contribution < 1.29 is 5.21 Å². The molecule has 56 valence electrons. The van der Waals surface area contributed by atoms with Gasteiger partial charge in [-0.25, -0.2) is 0 Å². The van der Waals surface area contributed by atoms with Crippen molar-refractivity contribution in [3.63, 3.8) is 0 Å². The molecule has 0 aromatic heterocycles. The minimum atomic E-state index is 0.639. The van der Waals surface area contributed by atoms with Gasteiger partial charge in [0.1, 0.15) is 0 Å². The maximum Gasteiger partial charge on any atom is 0.0360 e. The average molecular weight is 133 g/mol. The molecule has 0 aliphatic rings. The summed E-state index contributed by atoms with van der Waals surface area (Å²) in [5, 5.41) is 12.8. The molecule has 0 saturated heterocycles. The Morgan fingerprint density at radius 2 is 2.22 bits per heavy atom. The maximum absolute atomic E-state index is 8.61. The highest BCUT2D eigenvalue weighted by molar-refractivity contribution is 4.47. The Hall–Kier alpha value is -0.160. The van der Waals surface area contributed by atoms with Crippen molar-refractivity contribution >= 4 is 0 Å². The Labute approximate surface area is 55.6 Å². The van der Waals surface area contributed by atoms with Gasteiger partial charge in [0.15, 0.2) is 0 Å². The molecule has 9 heavy (non-hydrogen) atoms. The number of nitrogens with zero attached hydrogens (tertiary/aromatic N) is 1. The van der Waals surface area contributed by atoms with E-state index in [4.69, 9.17) is 10.9 Å². The van der Waals surface area contributed by atoms with Crippen molar-refractivity contribution in [1.82, 2.24) is 10.4 Å². The minimum Gasteiger partial charge on any atom is -0.329 e. The van der Waals surface area contributed by atoms with Crippen molar-refractivity contribution in [2.24, 2.45) is 5.73 Å². The number of rotatable bonds is 5. The first kappa shape index (κ1) is 8.84. The molecule has 0 unspecified atom stereocenters. The van der Waals surface area contributed by atoms with Crippen LogP contribution in [0.1, 0.15) is 0 Å². The van der Waals surface area contributed by atoms with E-state index in [1.807, 2.05) is 0 Å². The van der Waals surface area contributed by atoms with Crippen molar-refractivity contribution in [3.05, 3.63) is 0 Å². The van der Waals surface area contributed by atoms with Crippen LogP contribution >= 0.6 is 0 Å². The summed E-state index contributed by atoms with van der Waals surface area (Å²) in [5.74, 6) is 0. The largest absolute Gasteiger partial charge is 0.329 e. The van der Waals surface area contributed by atoms with Gasteiger partial charge in [-0.15, -0.1) is 0 Å². The third kappa shape index (κ3) is 7.84. The lowest BCUT2D eigenvalue weighted by Crippen LogP contribution is -2.30. The molecule has 0 atom stereocenters. The fourth-order valence-electron chi connectivity index (χ4n) is 0.468. The first-order valence-corrected chi connectivity index (χ1v) is 3.08. The predicted molar refractivity (Wildman–Crippen MR) is 36.3 cm³/mol. The van der Waals surface area contributed by atoms with E-state index in [9.17, 15) is 0 Å². The van der Waals surface area contributed by atoms with Crippen LogP contribution in [0.2, 0.25) is 0 Å². The molecule has 0 aliphatic heterocycles. The second-order valence-electron chi connectivity index (χ2n) is 1.92. The standard InChI is InChI=1S/C5H15N3O/c1-8(9)5-4-7-3-2-6/h7,9H,2-6H2,1H3. The molecule has 0 saturated carbocycles. The first-order valence-electron chi connectivity index (χ1n) is 3.08. The summed E-state index contributed by atoms with van der Waals surface area (Å²) < 4.78 is 0. The molecule has 4 N–H and O–H groups in total. The summed E-state index contributed by atoms with van der Waals surface area (Å²) in [6.45, 7) is 2.88. The average Bonchev–Trinajstić information content (AvgIpc) is 1.80. The van der Waals surface area contributed by atoms with Gasteiger partial charge in [-0.3, -0.25) is 0 Å². The van der Waals surface area contributed by atoms with Crippen LogP contribution in [0.4, 0.5) is 0 Å². The molecule has 4 nitrogen and oxygen atoms in total. The fourth-order valence-corrected chi connectivity index (χ4v) is 0.468. The lowest BCUT2D eigenvalue weighted by molar-refractivity contribution is -0.0629. The molecule has 0 amide bonds. The van der Waals surface area contributed by atoms with Crippen LogP contribution in [0, 0.1) is 0 Å². The first-order chi connectivity index (χ1) is 4.27. The van der Waals surface area contributed by atoms with Crippen LogP contribution in [0.3, 0.4) is 0 Å². The van der Waals surface area contributed by atoms with Gasteiger partial charge in [0, 0.05) is 33.2 Å². The van der Waals surface area contributed by atoms with Gasteiger partial charge in [-0.2, -0.15) is 5.06 Å². The van der Waals surface area contributed by atoms with E-state index < -0.39 is 0 Å². The predicted octanol–water partition coefficient (Wildman–Crippen LogP) is -1.14. The minimum absolute atomic E-state index is 0.639. The Bertz CT molecular complexity index is 58.2. The summed E-state index contributed by atoms with van der Waals surface area (Å²) in [6.07, 6.45) is 0. The lowest BCUT2D eigenvalue weighted by Gasteiger charge is -2.07. The van der Waals surface area contributed by atoms with Crippen LogP contribution in [-0.4, -0.2) is 43.5 Å². The second kappa shape index (κ2) is 5.97. The van der Waals surface area contributed by atoms with Crippen molar-refractivity contribution in [2.75, 3.05) is 33.2 Å². The summed E-state index contributed by atoms with van der Waals surface area (Å²) in [5.41, 5.74) is 5.21. The van der Waals surface area contributed by atoms with Crippen molar-refractivity contribution in [1.29, 1.82) is 0 Å². The summed E-state index contributed by atoms with van der Waals surface area (Å²) in [7, 11) is 1.62. The van der Waals surface area contributed by atoms with E-state index in [1.54, 1.807) is 7.05 Å². The van der Waals surface area contributed by atoms with Gasteiger partial charge in [-0.05, 0) is 0 Å². The number of nitrogens with two attached hydrogens (primary N) is 1. The molecule has 0 aromatic rings. The molecular weight excluding hydrogens is 118 g/mol. The fraction of sp³-hybridized carbons (Fsp3) is 1.00. The van der Waals surface area contributed by atoms with Gasteiger partial charge in [-0.1, -0.05) is 0 Å². The summed E-state index contributed by atoms with van der Waals surface area (Å²) in [6, 6.07) is 0. The number of hydrogen-bond donors (Lipinski definition) is 3. The number of hydroxylamine groups is 2. The van der Waals surface area contributed by atoms with E-state index in [2.05, 4.69) is 5.32 Å². The Balaban J connectivity index is 2.75. The monoisotopic (exact) mass is 133 g/mol. The number of nitrogens with one attached hydrogen (secondary N) is 1. The van der Waals surface area contributed by atoms with Gasteiger partial charge < -0.3 is 16.3 Å². The molecule has 0 aromatic carbocycles. The molecule has 0 heterocycles. The molecule has 0 fully saturated rings. The Kier molecular flexibility index (Phi) is 5.86. The molecular formula is C5H15N3O. The maximum atomic E-state index is 8.61. The van der Waals surface area contributed by atoms with Crippen LogP contribution in [-0.2, 0) is 0 Å². The molecule has 0 rings (SSSR count). The van der Waals surface area contributed by atoms with Gasteiger partial charge in [0.2, 0.25) is 0 Å². The van der Waals surface area contributed by atoms with E-state index in [0.29, 0.717) is 13.1 Å². The summed E-state index contributed by atoms with van der Waals surface area (Å²) in [4.78, 5) is 0. The molecule has 4 heteroatoms. The third-order valence-electron chi connectivity index (χ3n) is 0.933. The Morgan fingerprint density at radius 1 is 1.56 bits per heavy atom. The SMILES string of the molecule is CN(O)CCNCCN. The zero-order chi connectivity index (χ0) is 7.11. The number of hydrogen-bond acceptors (Lipinski definition) is 4. The topological polar surface area (TPSA) is 61.5 Å². The van der Waals surface area contributed by atoms with Gasteiger partial charge in [0.05, 0.1) is 0 Å². The van der Waals surface area contributed by atoms with E-state index in [0.717, 1.165) is 18.2 Å². The van der Waals surface area contributed by atoms with Crippen LogP contribution in [0.25, 0.3) is 0 Å². The molecule has 0 spiro atoms. The van der Waals surface area contributed by atoms with Gasteiger partial charge >= 0.3 is 0 Å². The van der Waals surface area contributed by atoms with E-state index in [-0.39, 0.29) is 0 Å². The summed E-state index contributed by atoms with van der Waals surface area (Å²) >= 11 is 0. The Morgan fingerprint density at radius 3 is 2.67 bits per heavy atom. The quantitative estimate of drug-likeness (QED) is 0.327. The zero-order valence-corrected chi connectivity index (χ0v) is 5.80. The highest BCUT2D eigenvalue weighted by Gasteiger charge is 1.88. The van der Waals surface area contributed by atoms with E-state index >= 15 is 0 Å². The van der Waals surface area contributed by atoms with E-state index in [1.165, 1.54) is 0 Å². The second-order valence-corrected chi connectivity index (χ2v) is 1.92. The smallest absolute Gasteiger partial charge is 0.0360 e. The van der Waals surface area contributed by atoms with Gasteiger partial charge in [0.25, 0.3) is 0 Å². The normalized spacial score (nSPS) is 10.7. The molecule has 0 bridgehead atoms.